The highest BCUT2D eigenvalue weighted by molar-refractivity contribution is 5.62. The van der Waals surface area contributed by atoms with Crippen molar-refractivity contribution in [3.05, 3.63) is 83.1 Å². The van der Waals surface area contributed by atoms with Gasteiger partial charge in [-0.05, 0) is 36.8 Å². The van der Waals surface area contributed by atoms with Crippen LogP contribution >= 0.6 is 0 Å². The van der Waals surface area contributed by atoms with Gasteiger partial charge in [-0.25, -0.2) is 14.1 Å². The second-order valence-electron chi connectivity index (χ2n) is 8.83. The molecule has 0 spiro atoms. The maximum atomic E-state index is 13.6. The van der Waals surface area contributed by atoms with Crippen molar-refractivity contribution >= 4 is 0 Å². The molecule has 10 heteroatoms. The highest BCUT2D eigenvalue weighted by Crippen LogP contribution is 2.33. The Morgan fingerprint density at radius 3 is 2.80 bits per heavy atom. The van der Waals surface area contributed by atoms with E-state index in [0.717, 1.165) is 28.3 Å². The molecule has 0 saturated carbocycles. The molecule has 0 atom stereocenters. The van der Waals surface area contributed by atoms with Crippen LogP contribution in [0.4, 0.5) is 4.39 Å². The molecule has 1 aliphatic rings. The highest BCUT2D eigenvalue weighted by Gasteiger charge is 2.28. The van der Waals surface area contributed by atoms with E-state index in [2.05, 4.69) is 31.5 Å². The number of fused-ring (bicyclic) bond motifs is 5. The second-order valence-corrected chi connectivity index (χ2v) is 8.83. The number of benzene rings is 2. The zero-order chi connectivity index (χ0) is 24.1. The molecule has 176 valence electrons. The standard InChI is InChI=1S/C25H22FN7O2/c1-14(2)25-28-24(30-35-25)23-22-11-20-18(12-34-17-6-4-5-16(26)10-17)29-31-33(20)21-9-15(3)7-8-19(21)32(22)13-27-23/h4-10,13-14H,11-12H2,1-3H3. The van der Waals surface area contributed by atoms with Crippen LogP contribution in [0.25, 0.3) is 22.9 Å². The third-order valence-electron chi connectivity index (χ3n) is 5.98. The van der Waals surface area contributed by atoms with E-state index in [1.807, 2.05) is 42.2 Å². The number of halogens is 1. The van der Waals surface area contributed by atoms with E-state index in [4.69, 9.17) is 9.26 Å². The van der Waals surface area contributed by atoms with Gasteiger partial charge < -0.3 is 9.26 Å². The van der Waals surface area contributed by atoms with E-state index in [9.17, 15) is 4.39 Å². The average Bonchev–Trinajstić information content (AvgIpc) is 3.55. The summed E-state index contributed by atoms with van der Waals surface area (Å²) < 4.78 is 28.8. The van der Waals surface area contributed by atoms with Crippen LogP contribution in [0.15, 0.2) is 53.3 Å². The van der Waals surface area contributed by atoms with E-state index in [-0.39, 0.29) is 18.3 Å². The van der Waals surface area contributed by atoms with E-state index in [1.165, 1.54) is 12.1 Å². The number of hydrogen-bond donors (Lipinski definition) is 0. The lowest BCUT2D eigenvalue weighted by atomic mass is 10.1. The Morgan fingerprint density at radius 1 is 1.11 bits per heavy atom. The number of aryl methyl sites for hydroxylation is 1. The molecule has 3 aromatic heterocycles. The van der Waals surface area contributed by atoms with Gasteiger partial charge in [0.15, 0.2) is 0 Å². The van der Waals surface area contributed by atoms with Crippen molar-refractivity contribution in [3.8, 4) is 28.6 Å². The van der Waals surface area contributed by atoms with Crippen molar-refractivity contribution in [2.24, 2.45) is 0 Å². The molecule has 0 N–H and O–H groups in total. The Morgan fingerprint density at radius 2 is 2.00 bits per heavy atom. The molecular weight excluding hydrogens is 449 g/mol. The van der Waals surface area contributed by atoms with Gasteiger partial charge in [0.2, 0.25) is 11.7 Å². The molecule has 0 radical (unpaired) electrons. The normalized spacial score (nSPS) is 12.3. The van der Waals surface area contributed by atoms with E-state index < -0.39 is 0 Å². The Bertz CT molecular complexity index is 1550. The first-order chi connectivity index (χ1) is 17.0. The lowest BCUT2D eigenvalue weighted by molar-refractivity contribution is 0.298. The number of hydrogen-bond acceptors (Lipinski definition) is 7. The molecule has 0 fully saturated rings. The Hall–Kier alpha value is -4.34. The second kappa shape index (κ2) is 8.15. The average molecular weight is 471 g/mol. The number of rotatable bonds is 5. The molecule has 35 heavy (non-hydrogen) atoms. The minimum absolute atomic E-state index is 0.110. The maximum Gasteiger partial charge on any atom is 0.229 e. The van der Waals surface area contributed by atoms with Gasteiger partial charge in [0.05, 0.1) is 22.8 Å². The number of imidazole rings is 1. The Kier molecular flexibility index (Phi) is 4.94. The smallest absolute Gasteiger partial charge is 0.229 e. The van der Waals surface area contributed by atoms with Crippen molar-refractivity contribution in [3.63, 3.8) is 0 Å². The Balaban J connectivity index is 1.46. The summed E-state index contributed by atoms with van der Waals surface area (Å²) in [5.41, 5.74) is 5.91. The predicted molar refractivity (Wildman–Crippen MR) is 124 cm³/mol. The fourth-order valence-corrected chi connectivity index (χ4v) is 4.19. The molecule has 4 heterocycles. The first-order valence-electron chi connectivity index (χ1n) is 11.3. The van der Waals surface area contributed by atoms with Crippen LogP contribution in [0, 0.1) is 12.7 Å². The summed E-state index contributed by atoms with van der Waals surface area (Å²) in [6, 6.07) is 12.2. The number of nitrogens with zero attached hydrogens (tertiary/aromatic N) is 7. The van der Waals surface area contributed by atoms with Crippen LogP contribution < -0.4 is 4.74 Å². The van der Waals surface area contributed by atoms with Gasteiger partial charge in [-0.2, -0.15) is 4.98 Å². The van der Waals surface area contributed by atoms with Crippen molar-refractivity contribution in [2.75, 3.05) is 0 Å². The van der Waals surface area contributed by atoms with Crippen molar-refractivity contribution in [2.45, 2.75) is 39.7 Å². The fourth-order valence-electron chi connectivity index (χ4n) is 4.19. The molecule has 6 rings (SSSR count). The van der Waals surface area contributed by atoms with E-state index >= 15 is 0 Å². The number of ether oxygens (including phenoxy) is 1. The third-order valence-corrected chi connectivity index (χ3v) is 5.98. The van der Waals surface area contributed by atoms with Crippen molar-refractivity contribution in [1.82, 2.24) is 34.7 Å². The van der Waals surface area contributed by atoms with Crippen LogP contribution in [0.1, 0.15) is 48.3 Å². The molecule has 1 aliphatic heterocycles. The summed E-state index contributed by atoms with van der Waals surface area (Å²) in [5.74, 6) is 1.17. The van der Waals surface area contributed by atoms with Gasteiger partial charge in [0, 0.05) is 18.4 Å². The summed E-state index contributed by atoms with van der Waals surface area (Å²) in [6.45, 7) is 6.17. The quantitative estimate of drug-likeness (QED) is 0.364. The Labute approximate surface area is 200 Å². The van der Waals surface area contributed by atoms with Crippen LogP contribution in [-0.2, 0) is 13.0 Å². The summed E-state index contributed by atoms with van der Waals surface area (Å²) >= 11 is 0. The lowest BCUT2D eigenvalue weighted by Crippen LogP contribution is -2.06. The maximum absolute atomic E-state index is 13.6. The van der Waals surface area contributed by atoms with Crippen LogP contribution in [0.5, 0.6) is 5.75 Å². The molecule has 0 amide bonds. The van der Waals surface area contributed by atoms with Gasteiger partial charge in [-0.15, -0.1) is 5.10 Å². The summed E-state index contributed by atoms with van der Waals surface area (Å²) in [5, 5.41) is 13.0. The molecular formula is C25H22FN7O2. The summed E-state index contributed by atoms with van der Waals surface area (Å²) in [7, 11) is 0. The van der Waals surface area contributed by atoms with Crippen LogP contribution in [0.2, 0.25) is 0 Å². The minimum atomic E-state index is -0.358. The zero-order valence-corrected chi connectivity index (χ0v) is 19.4. The molecule has 9 nitrogen and oxygen atoms in total. The molecule has 0 unspecified atom stereocenters. The third kappa shape index (κ3) is 3.67. The SMILES string of the molecule is Cc1ccc2c(c1)-n1nnc(COc3cccc(F)c3)c1Cc1c(-c3noc(C(C)C)n3)ncn1-2. The van der Waals surface area contributed by atoms with Crippen LogP contribution in [-0.4, -0.2) is 34.7 Å². The predicted octanol–water partition coefficient (Wildman–Crippen LogP) is 4.56. The van der Waals surface area contributed by atoms with Gasteiger partial charge in [-0.1, -0.05) is 36.4 Å². The highest BCUT2D eigenvalue weighted by atomic mass is 19.1. The van der Waals surface area contributed by atoms with Crippen LogP contribution in [0.3, 0.4) is 0 Å². The lowest BCUT2D eigenvalue weighted by Gasteiger charge is -2.10. The first-order valence-corrected chi connectivity index (χ1v) is 11.3. The van der Waals surface area contributed by atoms with Gasteiger partial charge in [0.25, 0.3) is 0 Å². The van der Waals surface area contributed by atoms with E-state index in [0.29, 0.717) is 35.3 Å². The molecule has 0 bridgehead atoms. The van der Waals surface area contributed by atoms with Gasteiger partial charge >= 0.3 is 0 Å². The first kappa shape index (κ1) is 21.2. The molecule has 0 saturated heterocycles. The summed E-state index contributed by atoms with van der Waals surface area (Å²) in [6.07, 6.45) is 2.23. The topological polar surface area (TPSA) is 96.7 Å². The van der Waals surface area contributed by atoms with Crippen molar-refractivity contribution < 1.29 is 13.7 Å². The largest absolute Gasteiger partial charge is 0.487 e. The van der Waals surface area contributed by atoms with Gasteiger partial charge in [0.1, 0.15) is 35.9 Å². The summed E-state index contributed by atoms with van der Waals surface area (Å²) in [4.78, 5) is 9.21. The molecule has 0 aliphatic carbocycles. The fraction of sp³-hybridized carbons (Fsp3) is 0.240. The minimum Gasteiger partial charge on any atom is -0.487 e. The van der Waals surface area contributed by atoms with Gasteiger partial charge in [-0.3, -0.25) is 4.57 Å². The zero-order valence-electron chi connectivity index (χ0n) is 19.4. The number of aromatic nitrogens is 7. The van der Waals surface area contributed by atoms with E-state index in [1.54, 1.807) is 18.5 Å². The monoisotopic (exact) mass is 471 g/mol. The van der Waals surface area contributed by atoms with Crippen molar-refractivity contribution in [1.29, 1.82) is 0 Å². The molecule has 5 aromatic rings. The molecule has 2 aromatic carbocycles.